The summed E-state index contributed by atoms with van der Waals surface area (Å²) in [5, 5.41) is 10.6. The third-order valence-electron chi connectivity index (χ3n) is 10.6. The number of carbonyl (C=O) groups is 7. The SMILES string of the molecule is CCCC(NC(=O)[C@@H]1C[C@@H](OC(C)(C)C)CN1C(=O)[C@@H](NC(=O)CC1CCCC1)C1CCCCC1)C(=O)C(=O)NCC(=O)N[C@H](C(N)=O)c1ccccc1. The summed E-state index contributed by atoms with van der Waals surface area (Å²) in [7, 11) is 0. The molecule has 298 valence electrons. The number of ether oxygens (including phenoxy) is 1. The molecule has 0 spiro atoms. The highest BCUT2D eigenvalue weighted by Crippen LogP contribution is 2.32. The van der Waals surface area contributed by atoms with Crippen LogP contribution < -0.4 is 27.0 Å². The minimum absolute atomic E-state index is 0.0636. The Morgan fingerprint density at radius 1 is 0.870 bits per heavy atom. The first-order valence-electron chi connectivity index (χ1n) is 19.7. The fourth-order valence-corrected chi connectivity index (χ4v) is 8.02. The molecule has 2 saturated carbocycles. The van der Waals surface area contributed by atoms with Crippen LogP contribution in [0.2, 0.25) is 0 Å². The van der Waals surface area contributed by atoms with Crippen LogP contribution in [0.3, 0.4) is 0 Å². The van der Waals surface area contributed by atoms with Gasteiger partial charge in [-0.3, -0.25) is 33.6 Å². The molecular formula is C40H60N6O8. The van der Waals surface area contributed by atoms with Crippen molar-refractivity contribution in [2.75, 3.05) is 13.1 Å². The number of nitrogens with zero attached hydrogens (tertiary/aromatic N) is 1. The maximum Gasteiger partial charge on any atom is 0.290 e. The average Bonchev–Trinajstić information content (AvgIpc) is 3.81. The van der Waals surface area contributed by atoms with E-state index in [1.165, 1.54) is 4.90 Å². The van der Waals surface area contributed by atoms with Gasteiger partial charge in [0, 0.05) is 19.4 Å². The number of nitrogens with two attached hydrogens (primary N) is 1. The molecule has 14 heteroatoms. The van der Waals surface area contributed by atoms with E-state index in [1.54, 1.807) is 37.3 Å². The molecule has 54 heavy (non-hydrogen) atoms. The normalized spacial score (nSPS) is 21.1. The number of carbonyl (C=O) groups excluding carboxylic acids is 7. The van der Waals surface area contributed by atoms with Crippen LogP contribution in [-0.2, 0) is 38.3 Å². The van der Waals surface area contributed by atoms with E-state index in [0.29, 0.717) is 24.3 Å². The number of nitrogens with one attached hydrogen (secondary N) is 4. The van der Waals surface area contributed by atoms with E-state index in [2.05, 4.69) is 21.3 Å². The Labute approximate surface area is 318 Å². The quantitative estimate of drug-likeness (QED) is 0.149. The molecule has 0 radical (unpaired) electrons. The maximum atomic E-state index is 14.5. The standard InChI is InChI=1S/C40H60N6O8/c1-5-14-29(35(49)38(52)42-23-32(48)45-33(36(41)50)26-17-8-6-9-18-26)43-37(51)30-22-28(54-40(2,3)4)24-46(30)39(53)34(27-19-10-7-11-20-27)44-31(47)21-25-15-12-13-16-25/h6,8-9,17-18,25,27-30,33-34H,5,7,10-16,19-24H2,1-4H3,(H2,41,50)(H,42,52)(H,43,51)(H,44,47)(H,45,48)/t28-,29?,30+,33+,34+/m1/s1. The first kappa shape index (κ1) is 42.4. The largest absolute Gasteiger partial charge is 0.371 e. The molecule has 14 nitrogen and oxygen atoms in total. The predicted molar refractivity (Wildman–Crippen MR) is 201 cm³/mol. The summed E-state index contributed by atoms with van der Waals surface area (Å²) in [6, 6.07) is 4.19. The van der Waals surface area contributed by atoms with Crippen molar-refractivity contribution >= 4 is 41.2 Å². The fourth-order valence-electron chi connectivity index (χ4n) is 8.02. The van der Waals surface area contributed by atoms with Crippen LogP contribution in [-0.4, -0.2) is 89.0 Å². The Balaban J connectivity index is 1.46. The van der Waals surface area contributed by atoms with Gasteiger partial charge in [-0.15, -0.1) is 0 Å². The number of hydrogen-bond donors (Lipinski definition) is 5. The van der Waals surface area contributed by atoms with Gasteiger partial charge in [-0.1, -0.05) is 75.8 Å². The van der Waals surface area contributed by atoms with Gasteiger partial charge in [0.2, 0.25) is 35.3 Å². The van der Waals surface area contributed by atoms with Crippen molar-refractivity contribution in [3.05, 3.63) is 35.9 Å². The van der Waals surface area contributed by atoms with Gasteiger partial charge in [-0.05, 0) is 70.3 Å². The smallest absolute Gasteiger partial charge is 0.290 e. The van der Waals surface area contributed by atoms with Crippen molar-refractivity contribution in [3.63, 3.8) is 0 Å². The minimum atomic E-state index is -1.23. The zero-order chi connectivity index (χ0) is 39.4. The first-order chi connectivity index (χ1) is 25.7. The molecule has 5 atom stereocenters. The van der Waals surface area contributed by atoms with Crippen molar-refractivity contribution in [1.29, 1.82) is 0 Å². The molecule has 6 amide bonds. The van der Waals surface area contributed by atoms with Crippen LogP contribution >= 0.6 is 0 Å². The van der Waals surface area contributed by atoms with Crippen molar-refractivity contribution < 1.29 is 38.3 Å². The van der Waals surface area contributed by atoms with E-state index < -0.39 is 71.8 Å². The number of amides is 6. The molecule has 3 fully saturated rings. The third-order valence-corrected chi connectivity index (χ3v) is 10.6. The van der Waals surface area contributed by atoms with E-state index in [4.69, 9.17) is 10.5 Å². The molecule has 0 bridgehead atoms. The van der Waals surface area contributed by atoms with Gasteiger partial charge in [0.15, 0.2) is 0 Å². The van der Waals surface area contributed by atoms with Gasteiger partial charge in [-0.2, -0.15) is 0 Å². The van der Waals surface area contributed by atoms with Crippen LogP contribution in [0.1, 0.15) is 123 Å². The lowest BCUT2D eigenvalue weighted by molar-refractivity contribution is -0.144. The lowest BCUT2D eigenvalue weighted by Gasteiger charge is -2.35. The molecule has 1 aliphatic heterocycles. The number of rotatable bonds is 17. The molecular weight excluding hydrogens is 692 g/mol. The summed E-state index contributed by atoms with van der Waals surface area (Å²) in [6.45, 7) is 7.00. The molecule has 1 aromatic rings. The highest BCUT2D eigenvalue weighted by molar-refractivity contribution is 6.38. The third kappa shape index (κ3) is 12.4. The zero-order valence-corrected chi connectivity index (χ0v) is 32.3. The molecule has 3 aliphatic rings. The Morgan fingerprint density at radius 3 is 2.13 bits per heavy atom. The van der Waals surface area contributed by atoms with Gasteiger partial charge in [0.05, 0.1) is 24.3 Å². The maximum absolute atomic E-state index is 14.5. The highest BCUT2D eigenvalue weighted by Gasteiger charge is 2.46. The van der Waals surface area contributed by atoms with Crippen molar-refractivity contribution in [2.24, 2.45) is 17.6 Å². The average molecular weight is 753 g/mol. The lowest BCUT2D eigenvalue weighted by atomic mass is 9.83. The van der Waals surface area contributed by atoms with Gasteiger partial charge in [0.1, 0.15) is 18.1 Å². The molecule has 6 N–H and O–H groups in total. The lowest BCUT2D eigenvalue weighted by Crippen LogP contribution is -2.58. The van der Waals surface area contributed by atoms with E-state index in [9.17, 15) is 33.6 Å². The zero-order valence-electron chi connectivity index (χ0n) is 32.3. The topological polar surface area (TPSA) is 206 Å². The summed E-state index contributed by atoms with van der Waals surface area (Å²) in [6.07, 6.45) is 9.42. The Morgan fingerprint density at radius 2 is 1.52 bits per heavy atom. The van der Waals surface area contributed by atoms with Crippen molar-refractivity contribution in [3.8, 4) is 0 Å². The summed E-state index contributed by atoms with van der Waals surface area (Å²) < 4.78 is 6.26. The summed E-state index contributed by atoms with van der Waals surface area (Å²) in [4.78, 5) is 94.5. The van der Waals surface area contributed by atoms with Gasteiger partial charge >= 0.3 is 0 Å². The Kier molecular flexibility index (Phi) is 15.6. The van der Waals surface area contributed by atoms with Crippen molar-refractivity contribution in [2.45, 2.75) is 147 Å². The molecule has 1 saturated heterocycles. The van der Waals surface area contributed by atoms with Crippen molar-refractivity contribution in [1.82, 2.24) is 26.2 Å². The van der Waals surface area contributed by atoms with Crippen LogP contribution in [0.25, 0.3) is 0 Å². The van der Waals surface area contributed by atoms with Crippen LogP contribution in [0, 0.1) is 11.8 Å². The number of hydrogen-bond acceptors (Lipinski definition) is 8. The summed E-state index contributed by atoms with van der Waals surface area (Å²) in [5.41, 5.74) is 5.37. The highest BCUT2D eigenvalue weighted by atomic mass is 16.5. The Bertz CT molecular complexity index is 1480. The summed E-state index contributed by atoms with van der Waals surface area (Å²) in [5.74, 6) is -4.43. The second-order valence-corrected chi connectivity index (χ2v) is 16.1. The van der Waals surface area contributed by atoms with E-state index >= 15 is 0 Å². The number of likely N-dealkylation sites (tertiary alicyclic amines) is 1. The van der Waals surface area contributed by atoms with Crippen LogP contribution in [0.5, 0.6) is 0 Å². The fraction of sp³-hybridized carbons (Fsp3) is 0.675. The monoisotopic (exact) mass is 752 g/mol. The number of benzene rings is 1. The van der Waals surface area contributed by atoms with Crippen LogP contribution in [0.4, 0.5) is 0 Å². The van der Waals surface area contributed by atoms with Gasteiger partial charge in [-0.25, -0.2) is 0 Å². The molecule has 1 unspecified atom stereocenters. The summed E-state index contributed by atoms with van der Waals surface area (Å²) >= 11 is 0. The molecule has 1 aromatic carbocycles. The molecule has 1 heterocycles. The van der Waals surface area contributed by atoms with E-state index in [0.717, 1.165) is 57.8 Å². The van der Waals surface area contributed by atoms with Gasteiger partial charge < -0.3 is 36.6 Å². The second kappa shape index (κ2) is 19.8. The number of primary amides is 1. The predicted octanol–water partition coefficient (Wildman–Crippen LogP) is 2.73. The molecule has 0 aromatic heterocycles. The number of ketones is 1. The van der Waals surface area contributed by atoms with E-state index in [1.807, 2.05) is 20.8 Å². The second-order valence-electron chi connectivity index (χ2n) is 16.1. The molecule has 2 aliphatic carbocycles. The minimum Gasteiger partial charge on any atom is -0.371 e. The Hall–Kier alpha value is -4.33. The van der Waals surface area contributed by atoms with Crippen LogP contribution in [0.15, 0.2) is 30.3 Å². The molecule has 4 rings (SSSR count). The van der Waals surface area contributed by atoms with Gasteiger partial charge in [0.25, 0.3) is 5.91 Å². The van der Waals surface area contributed by atoms with E-state index in [-0.39, 0.29) is 37.1 Å². The number of Topliss-reactive ketones (excluding diaryl/α,β-unsaturated/α-hetero) is 1. The first-order valence-corrected chi connectivity index (χ1v) is 19.7.